The molecule has 0 saturated heterocycles. The van der Waals surface area contributed by atoms with Crippen molar-refractivity contribution >= 4 is 11.8 Å². The number of halogens is 3. The summed E-state index contributed by atoms with van der Waals surface area (Å²) in [4.78, 5) is 21.7. The van der Waals surface area contributed by atoms with E-state index in [-0.39, 0.29) is 5.78 Å². The van der Waals surface area contributed by atoms with Gasteiger partial charge in [-0.3, -0.25) is 4.79 Å². The molecular formula is C14H21F3O3. The van der Waals surface area contributed by atoms with E-state index in [0.29, 0.717) is 25.7 Å². The van der Waals surface area contributed by atoms with Crippen molar-refractivity contribution in [3.8, 4) is 0 Å². The molecule has 116 valence electrons. The SMILES string of the molecule is C=CC(CCCCCCC(=O)CC)OC(=O)C(F)(F)F. The molecule has 0 N–H and O–H groups in total. The summed E-state index contributed by atoms with van der Waals surface area (Å²) in [5, 5.41) is 0. The first kappa shape index (κ1) is 18.7. The van der Waals surface area contributed by atoms with E-state index in [1.807, 2.05) is 6.92 Å². The van der Waals surface area contributed by atoms with Crippen LogP contribution in [-0.2, 0) is 14.3 Å². The van der Waals surface area contributed by atoms with Gasteiger partial charge in [0.25, 0.3) is 0 Å². The molecule has 0 bridgehead atoms. The van der Waals surface area contributed by atoms with E-state index in [1.54, 1.807) is 0 Å². The van der Waals surface area contributed by atoms with Gasteiger partial charge in [0.2, 0.25) is 0 Å². The van der Waals surface area contributed by atoms with Crippen LogP contribution in [0, 0.1) is 0 Å². The van der Waals surface area contributed by atoms with Crippen molar-refractivity contribution in [2.45, 2.75) is 64.1 Å². The van der Waals surface area contributed by atoms with Crippen LogP contribution in [0.15, 0.2) is 12.7 Å². The quantitative estimate of drug-likeness (QED) is 0.348. The first-order chi connectivity index (χ1) is 9.31. The van der Waals surface area contributed by atoms with E-state index >= 15 is 0 Å². The molecule has 0 aromatic rings. The lowest BCUT2D eigenvalue weighted by Gasteiger charge is -2.15. The number of Topliss-reactive ketones (excluding diaryl/α,β-unsaturated/α-hetero) is 1. The Morgan fingerprint density at radius 2 is 1.80 bits per heavy atom. The fourth-order valence-corrected chi connectivity index (χ4v) is 1.63. The standard InChI is InChI=1S/C14H21F3O3/c1-3-11(18)9-7-5-6-8-10-12(4-2)20-13(19)14(15,16)17/h4,12H,2-3,5-10H2,1H3. The van der Waals surface area contributed by atoms with Gasteiger partial charge >= 0.3 is 12.1 Å². The molecule has 6 heteroatoms. The molecule has 0 fully saturated rings. The van der Waals surface area contributed by atoms with Crippen molar-refractivity contribution in [1.29, 1.82) is 0 Å². The summed E-state index contributed by atoms with van der Waals surface area (Å²) in [5.41, 5.74) is 0. The van der Waals surface area contributed by atoms with Gasteiger partial charge in [-0.1, -0.05) is 32.4 Å². The highest BCUT2D eigenvalue weighted by atomic mass is 19.4. The number of ether oxygens (including phenoxy) is 1. The second-order valence-corrected chi connectivity index (χ2v) is 4.52. The summed E-state index contributed by atoms with van der Waals surface area (Å²) in [6.07, 6.45) is -0.264. The fraction of sp³-hybridized carbons (Fsp3) is 0.714. The molecule has 0 radical (unpaired) electrons. The summed E-state index contributed by atoms with van der Waals surface area (Å²) in [6, 6.07) is 0. The van der Waals surface area contributed by atoms with Crippen LogP contribution < -0.4 is 0 Å². The molecule has 20 heavy (non-hydrogen) atoms. The van der Waals surface area contributed by atoms with Crippen molar-refractivity contribution in [3.05, 3.63) is 12.7 Å². The van der Waals surface area contributed by atoms with Crippen molar-refractivity contribution < 1.29 is 27.5 Å². The number of hydrogen-bond acceptors (Lipinski definition) is 3. The zero-order chi connectivity index (χ0) is 15.6. The minimum Gasteiger partial charge on any atom is -0.451 e. The average Bonchev–Trinajstić information content (AvgIpc) is 2.39. The number of rotatable bonds is 10. The Labute approximate surface area is 117 Å². The zero-order valence-electron chi connectivity index (χ0n) is 11.7. The summed E-state index contributed by atoms with van der Waals surface area (Å²) >= 11 is 0. The molecule has 0 rings (SSSR count). The smallest absolute Gasteiger partial charge is 0.451 e. The zero-order valence-corrected chi connectivity index (χ0v) is 11.7. The molecule has 0 saturated carbocycles. The molecule has 1 atom stereocenters. The summed E-state index contributed by atoms with van der Waals surface area (Å²) in [6.45, 7) is 5.17. The Balaban J connectivity index is 3.78. The fourth-order valence-electron chi connectivity index (χ4n) is 1.63. The Morgan fingerprint density at radius 1 is 1.20 bits per heavy atom. The minimum atomic E-state index is -4.97. The number of alkyl halides is 3. The number of unbranched alkanes of at least 4 members (excludes halogenated alkanes) is 3. The lowest BCUT2D eigenvalue weighted by Crippen LogP contribution is -2.29. The second kappa shape index (κ2) is 9.55. The van der Waals surface area contributed by atoms with Gasteiger partial charge in [-0.25, -0.2) is 4.79 Å². The lowest BCUT2D eigenvalue weighted by atomic mass is 10.1. The molecule has 1 unspecified atom stereocenters. The number of carbonyl (C=O) groups is 2. The molecule has 0 spiro atoms. The van der Waals surface area contributed by atoms with Crippen molar-refractivity contribution in [3.63, 3.8) is 0 Å². The maximum absolute atomic E-state index is 12.0. The van der Waals surface area contributed by atoms with Gasteiger partial charge in [0.05, 0.1) is 0 Å². The Kier molecular flexibility index (Phi) is 8.92. The summed E-state index contributed by atoms with van der Waals surface area (Å²) in [5.74, 6) is -1.97. The van der Waals surface area contributed by atoms with E-state index in [2.05, 4.69) is 11.3 Å². The van der Waals surface area contributed by atoms with E-state index in [1.165, 1.54) is 6.08 Å². The van der Waals surface area contributed by atoms with Gasteiger partial charge in [-0.15, -0.1) is 0 Å². The van der Waals surface area contributed by atoms with Crippen molar-refractivity contribution in [2.75, 3.05) is 0 Å². The third-order valence-electron chi connectivity index (χ3n) is 2.84. The molecule has 3 nitrogen and oxygen atoms in total. The first-order valence-corrected chi connectivity index (χ1v) is 6.73. The van der Waals surface area contributed by atoms with Crippen LogP contribution in [-0.4, -0.2) is 24.0 Å². The van der Waals surface area contributed by atoms with Gasteiger partial charge in [-0.05, 0) is 19.3 Å². The van der Waals surface area contributed by atoms with Crippen LogP contribution in [0.25, 0.3) is 0 Å². The number of hydrogen-bond donors (Lipinski definition) is 0. The summed E-state index contributed by atoms with van der Waals surface area (Å²) < 4.78 is 40.3. The van der Waals surface area contributed by atoms with Crippen molar-refractivity contribution in [1.82, 2.24) is 0 Å². The number of ketones is 1. The highest BCUT2D eigenvalue weighted by Gasteiger charge is 2.41. The van der Waals surface area contributed by atoms with Gasteiger partial charge in [-0.2, -0.15) is 13.2 Å². The highest BCUT2D eigenvalue weighted by molar-refractivity contribution is 5.77. The van der Waals surface area contributed by atoms with Crippen LogP contribution in [0.2, 0.25) is 0 Å². The molecule has 0 aromatic carbocycles. The highest BCUT2D eigenvalue weighted by Crippen LogP contribution is 2.19. The molecule has 0 heterocycles. The maximum Gasteiger partial charge on any atom is 0.490 e. The molecule has 0 aromatic heterocycles. The van der Waals surface area contributed by atoms with Crippen LogP contribution in [0.1, 0.15) is 51.9 Å². The predicted octanol–water partition coefficient (Wildman–Crippen LogP) is 3.97. The Bertz CT molecular complexity index is 324. The van der Waals surface area contributed by atoms with Crippen LogP contribution >= 0.6 is 0 Å². The monoisotopic (exact) mass is 294 g/mol. The van der Waals surface area contributed by atoms with E-state index in [9.17, 15) is 22.8 Å². The molecule has 0 amide bonds. The summed E-state index contributed by atoms with van der Waals surface area (Å²) in [7, 11) is 0. The van der Waals surface area contributed by atoms with Gasteiger partial charge in [0.1, 0.15) is 11.9 Å². The van der Waals surface area contributed by atoms with Gasteiger partial charge < -0.3 is 4.74 Å². The van der Waals surface area contributed by atoms with Crippen LogP contribution in [0.4, 0.5) is 13.2 Å². The van der Waals surface area contributed by atoms with E-state index in [0.717, 1.165) is 19.3 Å². The Morgan fingerprint density at radius 3 is 2.30 bits per heavy atom. The van der Waals surface area contributed by atoms with Crippen LogP contribution in [0.3, 0.4) is 0 Å². The predicted molar refractivity (Wildman–Crippen MR) is 69.1 cm³/mol. The Hall–Kier alpha value is -1.33. The van der Waals surface area contributed by atoms with Crippen LogP contribution in [0.5, 0.6) is 0 Å². The number of esters is 1. The molecule has 0 aliphatic rings. The molecule has 0 aliphatic carbocycles. The minimum absolute atomic E-state index is 0.216. The largest absolute Gasteiger partial charge is 0.490 e. The third-order valence-corrected chi connectivity index (χ3v) is 2.84. The maximum atomic E-state index is 12.0. The second-order valence-electron chi connectivity index (χ2n) is 4.52. The normalized spacial score (nSPS) is 12.8. The van der Waals surface area contributed by atoms with E-state index in [4.69, 9.17) is 0 Å². The number of carbonyl (C=O) groups excluding carboxylic acids is 2. The van der Waals surface area contributed by atoms with Gasteiger partial charge in [0.15, 0.2) is 0 Å². The van der Waals surface area contributed by atoms with Crippen molar-refractivity contribution in [2.24, 2.45) is 0 Å². The average molecular weight is 294 g/mol. The topological polar surface area (TPSA) is 43.4 Å². The first-order valence-electron chi connectivity index (χ1n) is 6.73. The lowest BCUT2D eigenvalue weighted by molar-refractivity contribution is -0.203. The molecular weight excluding hydrogens is 273 g/mol. The van der Waals surface area contributed by atoms with Gasteiger partial charge in [0, 0.05) is 12.8 Å². The molecule has 0 aliphatic heterocycles. The van der Waals surface area contributed by atoms with E-state index < -0.39 is 18.2 Å². The third kappa shape index (κ3) is 8.72.